The van der Waals surface area contributed by atoms with Crippen molar-refractivity contribution in [1.82, 2.24) is 14.7 Å². The third kappa shape index (κ3) is 3.09. The van der Waals surface area contributed by atoms with Crippen molar-refractivity contribution in [3.05, 3.63) is 42.5 Å². The maximum atomic E-state index is 13.5. The molecule has 1 heterocycles. The number of aromatic nitrogens is 2. The second kappa shape index (κ2) is 6.15. The second-order valence-electron chi connectivity index (χ2n) is 5.19. The van der Waals surface area contributed by atoms with Crippen molar-refractivity contribution >= 4 is 11.7 Å². The van der Waals surface area contributed by atoms with Crippen LogP contribution in [0.1, 0.15) is 12.8 Å². The summed E-state index contributed by atoms with van der Waals surface area (Å²) < 4.78 is 15.1. The van der Waals surface area contributed by atoms with E-state index in [0.29, 0.717) is 11.4 Å². The van der Waals surface area contributed by atoms with Crippen molar-refractivity contribution in [3.63, 3.8) is 0 Å². The van der Waals surface area contributed by atoms with Gasteiger partial charge in [-0.2, -0.15) is 5.10 Å². The van der Waals surface area contributed by atoms with Crippen LogP contribution >= 0.6 is 0 Å². The Morgan fingerprint density at radius 1 is 1.50 bits per heavy atom. The third-order valence-corrected chi connectivity index (χ3v) is 3.54. The Morgan fingerprint density at radius 3 is 2.95 bits per heavy atom. The van der Waals surface area contributed by atoms with E-state index in [2.05, 4.69) is 10.4 Å². The molecule has 0 bridgehead atoms. The minimum atomic E-state index is -0.439. The molecule has 1 aromatic carbocycles. The van der Waals surface area contributed by atoms with E-state index in [9.17, 15) is 9.18 Å². The highest BCUT2D eigenvalue weighted by atomic mass is 19.1. The van der Waals surface area contributed by atoms with Gasteiger partial charge in [0, 0.05) is 25.0 Å². The number of carbonyl (C=O) groups is 1. The van der Waals surface area contributed by atoms with Gasteiger partial charge in [0.2, 0.25) is 0 Å². The van der Waals surface area contributed by atoms with Gasteiger partial charge in [-0.3, -0.25) is 0 Å². The number of aliphatic hydroxyl groups excluding tert-OH is 1. The highest BCUT2D eigenvalue weighted by Crippen LogP contribution is 2.28. The standard InChI is InChI=1S/C15H17FN4O2/c16-11-2-5-14(20-7-1-6-17-20)13(10-11)18-15(22)19(8-9-21)12-3-4-12/h1-2,5-7,10,12,21H,3-4,8-9H2,(H,18,22). The molecular formula is C15H17FN4O2. The fourth-order valence-electron chi connectivity index (χ4n) is 2.35. The lowest BCUT2D eigenvalue weighted by molar-refractivity contribution is 0.185. The van der Waals surface area contributed by atoms with Crippen LogP contribution in [0.15, 0.2) is 36.7 Å². The Balaban J connectivity index is 1.84. The molecule has 6 nitrogen and oxygen atoms in total. The number of carbonyl (C=O) groups excluding carboxylic acids is 1. The van der Waals surface area contributed by atoms with E-state index in [1.165, 1.54) is 12.1 Å². The minimum Gasteiger partial charge on any atom is -0.395 e. The van der Waals surface area contributed by atoms with Crippen LogP contribution in [0.25, 0.3) is 5.69 Å². The fourth-order valence-corrected chi connectivity index (χ4v) is 2.35. The zero-order chi connectivity index (χ0) is 15.5. The zero-order valence-corrected chi connectivity index (χ0v) is 11.9. The third-order valence-electron chi connectivity index (χ3n) is 3.54. The number of urea groups is 1. The van der Waals surface area contributed by atoms with E-state index in [1.807, 2.05) is 0 Å². The van der Waals surface area contributed by atoms with Gasteiger partial charge in [-0.15, -0.1) is 0 Å². The SMILES string of the molecule is O=C(Nc1cc(F)ccc1-n1cccn1)N(CCO)C1CC1. The summed E-state index contributed by atoms with van der Waals surface area (Å²) in [5.74, 6) is -0.439. The second-order valence-corrected chi connectivity index (χ2v) is 5.19. The molecule has 0 spiro atoms. The molecule has 1 aliphatic rings. The van der Waals surface area contributed by atoms with Gasteiger partial charge in [0.1, 0.15) is 5.82 Å². The molecule has 1 fully saturated rings. The smallest absolute Gasteiger partial charge is 0.322 e. The predicted octanol–water partition coefficient (Wildman–Crippen LogP) is 2.00. The number of nitrogens with one attached hydrogen (secondary N) is 1. The number of hydrogen-bond acceptors (Lipinski definition) is 3. The summed E-state index contributed by atoms with van der Waals surface area (Å²) >= 11 is 0. The van der Waals surface area contributed by atoms with Gasteiger partial charge in [0.15, 0.2) is 0 Å². The Kier molecular flexibility index (Phi) is 4.06. The number of anilines is 1. The number of hydrogen-bond donors (Lipinski definition) is 2. The average molecular weight is 304 g/mol. The van der Waals surface area contributed by atoms with Crippen molar-refractivity contribution in [1.29, 1.82) is 0 Å². The summed E-state index contributed by atoms with van der Waals surface area (Å²) in [5.41, 5.74) is 0.928. The molecule has 0 aliphatic heterocycles. The first-order valence-corrected chi connectivity index (χ1v) is 7.17. The molecule has 2 N–H and O–H groups in total. The van der Waals surface area contributed by atoms with E-state index in [1.54, 1.807) is 34.1 Å². The maximum absolute atomic E-state index is 13.5. The lowest BCUT2D eigenvalue weighted by Gasteiger charge is -2.22. The molecule has 7 heteroatoms. The van der Waals surface area contributed by atoms with Gasteiger partial charge in [0.25, 0.3) is 0 Å². The highest BCUT2D eigenvalue weighted by Gasteiger charge is 2.32. The zero-order valence-electron chi connectivity index (χ0n) is 11.9. The summed E-state index contributed by atoms with van der Waals surface area (Å²) in [6.45, 7) is 0.169. The molecule has 1 aliphatic carbocycles. The summed E-state index contributed by atoms with van der Waals surface area (Å²) in [7, 11) is 0. The summed E-state index contributed by atoms with van der Waals surface area (Å²) in [6.07, 6.45) is 5.19. The van der Waals surface area contributed by atoms with Crippen molar-refractivity contribution in [2.24, 2.45) is 0 Å². The molecular weight excluding hydrogens is 287 g/mol. The van der Waals surface area contributed by atoms with Gasteiger partial charge < -0.3 is 15.3 Å². The molecule has 0 radical (unpaired) electrons. The van der Waals surface area contributed by atoms with Gasteiger partial charge in [-0.1, -0.05) is 0 Å². The van der Waals surface area contributed by atoms with Crippen molar-refractivity contribution < 1.29 is 14.3 Å². The van der Waals surface area contributed by atoms with Crippen LogP contribution in [-0.2, 0) is 0 Å². The van der Waals surface area contributed by atoms with Gasteiger partial charge >= 0.3 is 6.03 Å². The predicted molar refractivity (Wildman–Crippen MR) is 79.4 cm³/mol. The molecule has 116 valence electrons. The minimum absolute atomic E-state index is 0.0981. The van der Waals surface area contributed by atoms with E-state index in [0.717, 1.165) is 12.8 Å². The van der Waals surface area contributed by atoms with E-state index >= 15 is 0 Å². The number of rotatable bonds is 5. The Morgan fingerprint density at radius 2 is 2.32 bits per heavy atom. The lowest BCUT2D eigenvalue weighted by atomic mass is 10.2. The average Bonchev–Trinajstić information content (AvgIpc) is 3.19. The summed E-state index contributed by atoms with van der Waals surface area (Å²) in [4.78, 5) is 13.9. The number of nitrogens with zero attached hydrogens (tertiary/aromatic N) is 3. The van der Waals surface area contributed by atoms with Crippen LogP contribution in [0.5, 0.6) is 0 Å². The van der Waals surface area contributed by atoms with Gasteiger partial charge in [-0.05, 0) is 37.1 Å². The monoisotopic (exact) mass is 304 g/mol. The quantitative estimate of drug-likeness (QED) is 0.887. The summed E-state index contributed by atoms with van der Waals surface area (Å²) in [5, 5.41) is 15.9. The molecule has 2 aromatic rings. The Bertz CT molecular complexity index is 656. The topological polar surface area (TPSA) is 70.4 Å². The molecule has 1 saturated carbocycles. The first-order valence-electron chi connectivity index (χ1n) is 7.17. The molecule has 1 aromatic heterocycles. The molecule has 0 atom stereocenters. The molecule has 3 rings (SSSR count). The van der Waals surface area contributed by atoms with Gasteiger partial charge in [-0.25, -0.2) is 13.9 Å². The van der Waals surface area contributed by atoms with Crippen molar-refractivity contribution in [2.75, 3.05) is 18.5 Å². The van der Waals surface area contributed by atoms with Crippen LogP contribution in [0.4, 0.5) is 14.9 Å². The van der Waals surface area contributed by atoms with Crippen LogP contribution in [0, 0.1) is 5.82 Å². The normalized spacial score (nSPS) is 13.9. The van der Waals surface area contributed by atoms with Crippen molar-refractivity contribution in [2.45, 2.75) is 18.9 Å². The Labute approximate surface area is 127 Å². The largest absolute Gasteiger partial charge is 0.395 e. The van der Waals surface area contributed by atoms with E-state index in [-0.39, 0.29) is 25.2 Å². The first-order chi connectivity index (χ1) is 10.7. The highest BCUT2D eigenvalue weighted by molar-refractivity contribution is 5.92. The van der Waals surface area contributed by atoms with Crippen LogP contribution in [0.2, 0.25) is 0 Å². The van der Waals surface area contributed by atoms with Crippen LogP contribution in [0.3, 0.4) is 0 Å². The number of aliphatic hydroxyl groups is 1. The van der Waals surface area contributed by atoms with Crippen LogP contribution < -0.4 is 5.32 Å². The summed E-state index contributed by atoms with van der Waals surface area (Å²) in [6, 6.07) is 5.71. The number of halogens is 1. The van der Waals surface area contributed by atoms with E-state index < -0.39 is 5.82 Å². The fraction of sp³-hybridized carbons (Fsp3) is 0.333. The van der Waals surface area contributed by atoms with E-state index in [4.69, 9.17) is 5.11 Å². The Hall–Kier alpha value is -2.41. The van der Waals surface area contributed by atoms with Gasteiger partial charge in [0.05, 0.1) is 18.0 Å². The number of amides is 2. The molecule has 0 saturated heterocycles. The molecule has 22 heavy (non-hydrogen) atoms. The molecule has 2 amide bonds. The maximum Gasteiger partial charge on any atom is 0.322 e. The lowest BCUT2D eigenvalue weighted by Crippen LogP contribution is -2.38. The molecule has 0 unspecified atom stereocenters. The van der Waals surface area contributed by atoms with Crippen LogP contribution in [-0.4, -0.2) is 45.0 Å². The van der Waals surface area contributed by atoms with Crippen molar-refractivity contribution in [3.8, 4) is 5.69 Å². The number of benzene rings is 1. The first kappa shape index (κ1) is 14.5.